The van der Waals surface area contributed by atoms with Crippen LogP contribution in [0.25, 0.3) is 0 Å². The number of ether oxygens (including phenoxy) is 1. The van der Waals surface area contributed by atoms with Crippen LogP contribution in [-0.2, 0) is 27.6 Å². The number of carbonyl (C=O) groups is 1. The van der Waals surface area contributed by atoms with Crippen molar-refractivity contribution in [1.29, 1.82) is 0 Å². The molecule has 6 nitrogen and oxygen atoms in total. The standard InChI is InChI=1S/C25H26N2O4S/c28-25(24-12-5-4-9-21(24)14-13-20-7-2-1-3-8-20)26-22-10-6-11-23(19-22)32(29,30)27-15-17-31-18-16-27/h1-12,19H,13-18H2,(H,26,28). The fourth-order valence-corrected chi connectivity index (χ4v) is 5.21. The molecule has 3 aromatic carbocycles. The lowest BCUT2D eigenvalue weighted by Crippen LogP contribution is -2.40. The van der Waals surface area contributed by atoms with E-state index in [9.17, 15) is 13.2 Å². The van der Waals surface area contributed by atoms with E-state index in [4.69, 9.17) is 4.74 Å². The number of anilines is 1. The van der Waals surface area contributed by atoms with Crippen LogP contribution in [0.15, 0.2) is 83.8 Å². The van der Waals surface area contributed by atoms with Gasteiger partial charge in [0.2, 0.25) is 10.0 Å². The van der Waals surface area contributed by atoms with E-state index in [0.717, 1.165) is 18.4 Å². The Bertz CT molecular complexity index is 1170. The topological polar surface area (TPSA) is 75.7 Å². The van der Waals surface area contributed by atoms with Gasteiger partial charge in [0.1, 0.15) is 0 Å². The van der Waals surface area contributed by atoms with Gasteiger partial charge in [-0.1, -0.05) is 54.6 Å². The van der Waals surface area contributed by atoms with Crippen LogP contribution in [0.2, 0.25) is 0 Å². The van der Waals surface area contributed by atoms with Gasteiger partial charge in [0.15, 0.2) is 0 Å². The minimum atomic E-state index is -3.63. The third kappa shape index (κ3) is 5.24. The van der Waals surface area contributed by atoms with Crippen molar-refractivity contribution in [2.45, 2.75) is 17.7 Å². The third-order valence-corrected chi connectivity index (χ3v) is 7.38. The Hall–Kier alpha value is -3.00. The summed E-state index contributed by atoms with van der Waals surface area (Å²) in [6.45, 7) is 1.42. The Balaban J connectivity index is 1.49. The van der Waals surface area contributed by atoms with Gasteiger partial charge < -0.3 is 10.1 Å². The van der Waals surface area contributed by atoms with Crippen molar-refractivity contribution < 1.29 is 17.9 Å². The van der Waals surface area contributed by atoms with Crippen molar-refractivity contribution in [1.82, 2.24) is 4.31 Å². The second kappa shape index (κ2) is 10.1. The number of nitrogens with one attached hydrogen (secondary N) is 1. The first-order valence-corrected chi connectivity index (χ1v) is 12.1. The molecular weight excluding hydrogens is 424 g/mol. The molecule has 0 bridgehead atoms. The average Bonchev–Trinajstić information content (AvgIpc) is 2.84. The van der Waals surface area contributed by atoms with Gasteiger partial charge in [-0.05, 0) is 48.2 Å². The molecule has 4 rings (SSSR count). The summed E-state index contributed by atoms with van der Waals surface area (Å²) < 4.78 is 32.5. The van der Waals surface area contributed by atoms with Gasteiger partial charge >= 0.3 is 0 Å². The summed E-state index contributed by atoms with van der Waals surface area (Å²) in [4.78, 5) is 13.2. The molecule has 0 unspecified atom stereocenters. The highest BCUT2D eigenvalue weighted by Crippen LogP contribution is 2.22. The number of rotatable bonds is 7. The largest absolute Gasteiger partial charge is 0.379 e. The summed E-state index contributed by atoms with van der Waals surface area (Å²) in [6, 6.07) is 24.0. The second-order valence-electron chi connectivity index (χ2n) is 7.64. The Morgan fingerprint density at radius 2 is 1.59 bits per heavy atom. The maximum atomic E-state index is 13.0. The van der Waals surface area contributed by atoms with Crippen LogP contribution in [-0.4, -0.2) is 44.9 Å². The maximum absolute atomic E-state index is 13.0. The van der Waals surface area contributed by atoms with Crippen molar-refractivity contribution in [2.75, 3.05) is 31.6 Å². The molecule has 0 radical (unpaired) electrons. The molecule has 7 heteroatoms. The molecule has 32 heavy (non-hydrogen) atoms. The molecule has 1 aliphatic heterocycles. The summed E-state index contributed by atoms with van der Waals surface area (Å²) in [5, 5.41) is 2.87. The van der Waals surface area contributed by atoms with Crippen LogP contribution >= 0.6 is 0 Å². The fourth-order valence-electron chi connectivity index (χ4n) is 3.75. The maximum Gasteiger partial charge on any atom is 0.255 e. The summed E-state index contributed by atoms with van der Waals surface area (Å²) in [5.74, 6) is -0.255. The lowest BCUT2D eigenvalue weighted by Gasteiger charge is -2.26. The van der Waals surface area contributed by atoms with Crippen molar-refractivity contribution in [3.63, 3.8) is 0 Å². The molecule has 1 N–H and O–H groups in total. The van der Waals surface area contributed by atoms with E-state index in [2.05, 4.69) is 17.4 Å². The van der Waals surface area contributed by atoms with Gasteiger partial charge in [0, 0.05) is 24.3 Å². The Morgan fingerprint density at radius 3 is 2.38 bits per heavy atom. The zero-order valence-corrected chi connectivity index (χ0v) is 18.6. The number of morpholine rings is 1. The number of hydrogen-bond acceptors (Lipinski definition) is 4. The molecule has 0 aliphatic carbocycles. The smallest absolute Gasteiger partial charge is 0.255 e. The number of carbonyl (C=O) groups excluding carboxylic acids is 1. The Labute approximate surface area is 188 Å². The van der Waals surface area contributed by atoms with E-state index in [1.165, 1.54) is 15.9 Å². The second-order valence-corrected chi connectivity index (χ2v) is 9.58. The van der Waals surface area contributed by atoms with Crippen LogP contribution in [0, 0.1) is 0 Å². The SMILES string of the molecule is O=C(Nc1cccc(S(=O)(=O)N2CCOCC2)c1)c1ccccc1CCc1ccccc1. The first-order valence-electron chi connectivity index (χ1n) is 10.7. The van der Waals surface area contributed by atoms with E-state index in [1.807, 2.05) is 36.4 Å². The number of nitrogens with zero attached hydrogens (tertiary/aromatic N) is 1. The molecule has 0 spiro atoms. The van der Waals surface area contributed by atoms with E-state index in [-0.39, 0.29) is 10.8 Å². The molecular formula is C25H26N2O4S. The predicted molar refractivity (Wildman–Crippen MR) is 124 cm³/mol. The zero-order valence-electron chi connectivity index (χ0n) is 17.7. The lowest BCUT2D eigenvalue weighted by atomic mass is 9.99. The predicted octanol–water partition coefficient (Wildman–Crippen LogP) is 3.75. The van der Waals surface area contributed by atoms with Gasteiger partial charge in [-0.25, -0.2) is 8.42 Å². The van der Waals surface area contributed by atoms with Gasteiger partial charge in [-0.2, -0.15) is 4.31 Å². The quantitative estimate of drug-likeness (QED) is 0.595. The van der Waals surface area contributed by atoms with Gasteiger partial charge in [-0.15, -0.1) is 0 Å². The number of sulfonamides is 1. The van der Waals surface area contributed by atoms with E-state index >= 15 is 0 Å². The number of amides is 1. The molecule has 0 saturated carbocycles. The van der Waals surface area contributed by atoms with E-state index in [1.54, 1.807) is 24.3 Å². The van der Waals surface area contributed by atoms with Gasteiger partial charge in [-0.3, -0.25) is 4.79 Å². The van der Waals surface area contributed by atoms with Gasteiger partial charge in [0.05, 0.1) is 18.1 Å². The summed E-state index contributed by atoms with van der Waals surface area (Å²) in [5.41, 5.74) is 3.20. The Morgan fingerprint density at radius 1 is 0.875 bits per heavy atom. The highest BCUT2D eigenvalue weighted by atomic mass is 32.2. The summed E-state index contributed by atoms with van der Waals surface area (Å²) >= 11 is 0. The monoisotopic (exact) mass is 450 g/mol. The van der Waals surface area contributed by atoms with Crippen LogP contribution < -0.4 is 5.32 Å². The van der Waals surface area contributed by atoms with Crippen molar-refractivity contribution in [3.05, 3.63) is 95.6 Å². The van der Waals surface area contributed by atoms with Gasteiger partial charge in [0.25, 0.3) is 5.91 Å². The van der Waals surface area contributed by atoms with Crippen LogP contribution in [0.1, 0.15) is 21.5 Å². The Kier molecular flexibility index (Phi) is 6.99. The third-order valence-electron chi connectivity index (χ3n) is 5.49. The molecule has 1 heterocycles. The van der Waals surface area contributed by atoms with E-state index in [0.29, 0.717) is 37.6 Å². The van der Waals surface area contributed by atoms with Crippen molar-refractivity contribution >= 4 is 21.6 Å². The number of benzene rings is 3. The number of aryl methyl sites for hydroxylation is 2. The molecule has 0 atom stereocenters. The highest BCUT2D eigenvalue weighted by Gasteiger charge is 2.26. The molecule has 166 valence electrons. The van der Waals surface area contributed by atoms with Crippen LogP contribution in [0.4, 0.5) is 5.69 Å². The molecule has 1 amide bonds. The molecule has 1 saturated heterocycles. The lowest BCUT2D eigenvalue weighted by molar-refractivity contribution is 0.0730. The van der Waals surface area contributed by atoms with Crippen LogP contribution in [0.3, 0.4) is 0 Å². The average molecular weight is 451 g/mol. The van der Waals surface area contributed by atoms with Crippen molar-refractivity contribution in [2.24, 2.45) is 0 Å². The summed E-state index contributed by atoms with van der Waals surface area (Å²) in [7, 11) is -3.63. The molecule has 1 fully saturated rings. The normalized spacial score (nSPS) is 14.8. The zero-order chi connectivity index (χ0) is 22.4. The van der Waals surface area contributed by atoms with Crippen molar-refractivity contribution in [3.8, 4) is 0 Å². The first kappa shape index (κ1) is 22.2. The highest BCUT2D eigenvalue weighted by molar-refractivity contribution is 7.89. The minimum absolute atomic E-state index is 0.162. The fraction of sp³-hybridized carbons (Fsp3) is 0.240. The summed E-state index contributed by atoms with van der Waals surface area (Å²) in [6.07, 6.45) is 1.57. The van der Waals surface area contributed by atoms with E-state index < -0.39 is 10.0 Å². The molecule has 0 aromatic heterocycles. The minimum Gasteiger partial charge on any atom is -0.379 e. The molecule has 1 aliphatic rings. The number of hydrogen-bond donors (Lipinski definition) is 1. The first-order chi connectivity index (χ1) is 15.5. The van der Waals surface area contributed by atoms with Crippen LogP contribution in [0.5, 0.6) is 0 Å². The molecule has 3 aromatic rings.